The van der Waals surface area contributed by atoms with E-state index >= 15 is 0 Å². The van der Waals surface area contributed by atoms with Crippen LogP contribution in [0.25, 0.3) is 0 Å². The van der Waals surface area contributed by atoms with Crippen molar-refractivity contribution in [2.45, 2.75) is 316 Å². The van der Waals surface area contributed by atoms with Gasteiger partial charge in [0.25, 0.3) is 0 Å². The Balaban J connectivity index is 4.95. The fourth-order valence-corrected chi connectivity index (χ4v) is 18.9. The molecule has 0 aromatic carbocycles. The van der Waals surface area contributed by atoms with Crippen LogP contribution in [-0.2, 0) is 28.6 Å². The van der Waals surface area contributed by atoms with Crippen molar-refractivity contribution in [3.63, 3.8) is 0 Å². The highest BCUT2D eigenvalue weighted by Crippen LogP contribution is 2.36. The highest BCUT2D eigenvalue weighted by Gasteiger charge is 2.31. The van der Waals surface area contributed by atoms with E-state index in [2.05, 4.69) is 212 Å². The van der Waals surface area contributed by atoms with Crippen LogP contribution in [-0.4, -0.2) is 95.2 Å². The molecule has 0 aliphatic rings. The Morgan fingerprint density at radius 2 is 0.480 bits per heavy atom. The van der Waals surface area contributed by atoms with Crippen molar-refractivity contribution in [2.24, 2.45) is 0 Å². The normalized spacial score (nSPS) is 17.2. The van der Waals surface area contributed by atoms with E-state index < -0.39 is 6.10 Å². The number of carbonyl (C=O) groups is 3. The van der Waals surface area contributed by atoms with Gasteiger partial charge in [0.1, 0.15) is 13.2 Å². The van der Waals surface area contributed by atoms with Crippen molar-refractivity contribution in [3.05, 3.63) is 0 Å². The van der Waals surface area contributed by atoms with E-state index in [0.29, 0.717) is 77.2 Å². The molecule has 75 heavy (non-hydrogen) atoms. The summed E-state index contributed by atoms with van der Waals surface area (Å²) in [5, 5.41) is 0. The van der Waals surface area contributed by atoms with Gasteiger partial charge in [-0.1, -0.05) is 366 Å². The van der Waals surface area contributed by atoms with E-state index in [9.17, 15) is 14.4 Å². The number of hydrogen-bond donors (Lipinski definition) is 0. The lowest BCUT2D eigenvalue weighted by Crippen LogP contribution is -2.31. The Kier molecular flexibility index (Phi) is 56.6. The van der Waals surface area contributed by atoms with Crippen molar-refractivity contribution in [1.82, 2.24) is 0 Å². The molecule has 0 bridgehead atoms. The average molecular weight is 1840 g/mol. The Bertz CT molecular complexity index is 1290. The second-order valence-corrected chi connectivity index (χ2v) is 34.1. The van der Waals surface area contributed by atoms with E-state index in [1.165, 1.54) is 96.3 Å². The van der Waals surface area contributed by atoms with Crippen LogP contribution in [0.1, 0.15) is 252 Å². The molecule has 18 heteroatoms. The highest BCUT2D eigenvalue weighted by molar-refractivity contribution is 9.15. The SMILES string of the molecule is CCCCCCCC(Br)C(Br)C(Br)C(Br)CCCCCCC(=O)OCC(COC(=O)CCCCCCC(Br)C(Br)C(Br)C(Br)CCCCCCC)OC(=O)CCCCCCC(Br)C(Br)C(Br)C(Br)CCCCCCC. The van der Waals surface area contributed by atoms with Gasteiger partial charge in [-0.05, 0) is 57.8 Å². The molecule has 6 nitrogen and oxygen atoms in total. The first-order valence-electron chi connectivity index (χ1n) is 29.1. The second-order valence-electron chi connectivity index (χ2n) is 20.7. The first kappa shape index (κ1) is 79.2. The smallest absolute Gasteiger partial charge is 0.306 e. The zero-order valence-electron chi connectivity index (χ0n) is 45.9. The fourth-order valence-electron chi connectivity index (χ4n) is 8.74. The van der Waals surface area contributed by atoms with E-state index in [1.807, 2.05) is 0 Å². The molecule has 0 aliphatic heterocycles. The minimum atomic E-state index is -0.847. The summed E-state index contributed by atoms with van der Waals surface area (Å²) in [7, 11) is 0. The summed E-state index contributed by atoms with van der Waals surface area (Å²) < 4.78 is 17.1. The zero-order chi connectivity index (χ0) is 56.2. The van der Waals surface area contributed by atoms with Crippen molar-refractivity contribution < 1.29 is 28.6 Å². The van der Waals surface area contributed by atoms with Gasteiger partial charge in [-0.2, -0.15) is 0 Å². The molecule has 0 spiro atoms. The average Bonchev–Trinajstić information content (AvgIpc) is 3.40. The molecular weight excluding hydrogens is 1740 g/mol. The van der Waals surface area contributed by atoms with Crippen molar-refractivity contribution >= 4 is 209 Å². The number of esters is 3. The molecule has 0 aromatic heterocycles. The summed E-state index contributed by atoms with van der Waals surface area (Å²) in [6.07, 6.45) is 37.1. The molecule has 0 heterocycles. The molecular formula is C57H98Br12O6. The van der Waals surface area contributed by atoms with Crippen molar-refractivity contribution in [1.29, 1.82) is 0 Å². The number of halogens is 12. The number of alkyl halides is 12. The van der Waals surface area contributed by atoms with Crippen LogP contribution in [0.5, 0.6) is 0 Å². The van der Waals surface area contributed by atoms with Crippen LogP contribution < -0.4 is 0 Å². The molecule has 0 saturated carbocycles. The van der Waals surface area contributed by atoms with E-state index in [0.717, 1.165) is 109 Å². The topological polar surface area (TPSA) is 78.9 Å². The Morgan fingerprint density at radius 1 is 0.280 bits per heavy atom. The quantitative estimate of drug-likeness (QED) is 0.0261. The molecule has 0 radical (unpaired) electrons. The van der Waals surface area contributed by atoms with Crippen LogP contribution >= 0.6 is 191 Å². The summed E-state index contributed by atoms with van der Waals surface area (Å²) in [4.78, 5) is 43.0. The summed E-state index contributed by atoms with van der Waals surface area (Å²) >= 11 is 47.2. The van der Waals surface area contributed by atoms with E-state index in [4.69, 9.17) is 14.2 Å². The van der Waals surface area contributed by atoms with E-state index in [1.54, 1.807) is 0 Å². The second kappa shape index (κ2) is 53.6. The first-order valence-corrected chi connectivity index (χ1v) is 40.1. The van der Waals surface area contributed by atoms with Gasteiger partial charge in [0.15, 0.2) is 6.10 Å². The monoisotopic (exact) mass is 1830 g/mol. The number of carbonyl (C=O) groups excluding carboxylic acids is 3. The van der Waals surface area contributed by atoms with Crippen molar-refractivity contribution in [3.8, 4) is 0 Å². The minimum absolute atomic E-state index is 0.133. The minimum Gasteiger partial charge on any atom is -0.462 e. The fraction of sp³-hybridized carbons (Fsp3) is 0.947. The first-order chi connectivity index (χ1) is 35.9. The maximum absolute atomic E-state index is 13.1. The number of rotatable bonds is 53. The largest absolute Gasteiger partial charge is 0.462 e. The predicted molar refractivity (Wildman–Crippen MR) is 368 cm³/mol. The third-order valence-electron chi connectivity index (χ3n) is 13.7. The molecule has 12 unspecified atom stereocenters. The Hall–Kier alpha value is 4.17. The summed E-state index contributed by atoms with van der Waals surface area (Å²) in [6, 6.07) is 0. The molecule has 0 rings (SSSR count). The van der Waals surface area contributed by atoms with Crippen LogP contribution in [0, 0.1) is 0 Å². The van der Waals surface area contributed by atoms with Gasteiger partial charge < -0.3 is 14.2 Å². The van der Waals surface area contributed by atoms with Crippen LogP contribution in [0.4, 0.5) is 0 Å². The molecule has 446 valence electrons. The van der Waals surface area contributed by atoms with Gasteiger partial charge >= 0.3 is 17.9 Å². The molecule has 0 saturated heterocycles. The number of hydrogen-bond acceptors (Lipinski definition) is 6. The Labute approximate surface area is 559 Å². The zero-order valence-corrected chi connectivity index (χ0v) is 64.9. The molecule has 0 N–H and O–H groups in total. The van der Waals surface area contributed by atoms with Gasteiger partial charge in [-0.15, -0.1) is 0 Å². The molecule has 0 aromatic rings. The lowest BCUT2D eigenvalue weighted by Gasteiger charge is -2.26. The molecule has 0 amide bonds. The maximum Gasteiger partial charge on any atom is 0.306 e. The number of ether oxygens (including phenoxy) is 3. The standard InChI is InChI=1S/C57H98Br12O6/c1-4-7-10-13-22-31-43(58)52(64)55(67)46(61)34-25-16-19-28-37-49(70)73-40-42(75-51(72)39-30-21-18-27-36-48(63)57(69)54(66)45(60)33-24-15-12-9-6-3)41-74-50(71)38-29-20-17-26-35-47(62)56(68)53(65)44(59)32-23-14-11-8-5-2/h42-48,52-57H,4-41H2,1-3H3. The molecule has 0 fully saturated rings. The van der Waals surface area contributed by atoms with E-state index in [-0.39, 0.29) is 37.5 Å². The van der Waals surface area contributed by atoms with Gasteiger partial charge in [-0.25, -0.2) is 0 Å². The Morgan fingerprint density at radius 3 is 0.707 bits per heavy atom. The van der Waals surface area contributed by atoms with Crippen LogP contribution in [0.15, 0.2) is 0 Å². The summed E-state index contributed by atoms with van der Waals surface area (Å²) in [6.45, 7) is 6.49. The predicted octanol–water partition coefficient (Wildman–Crippen LogP) is 23.2. The van der Waals surface area contributed by atoms with Gasteiger partial charge in [-0.3, -0.25) is 14.4 Å². The van der Waals surface area contributed by atoms with Crippen LogP contribution in [0.2, 0.25) is 0 Å². The van der Waals surface area contributed by atoms with Gasteiger partial charge in [0.2, 0.25) is 0 Å². The van der Waals surface area contributed by atoms with Crippen molar-refractivity contribution in [2.75, 3.05) is 13.2 Å². The number of unbranched alkanes of at least 4 members (excludes halogenated alkanes) is 21. The lowest BCUT2D eigenvalue weighted by molar-refractivity contribution is -0.167. The summed E-state index contributed by atoms with van der Waals surface area (Å²) in [5.74, 6) is -1.02. The lowest BCUT2D eigenvalue weighted by atomic mass is 10.0. The maximum atomic E-state index is 13.1. The van der Waals surface area contributed by atoms with Gasteiger partial charge in [0.05, 0.1) is 0 Å². The molecule has 0 aliphatic carbocycles. The van der Waals surface area contributed by atoms with Crippen LogP contribution in [0.3, 0.4) is 0 Å². The highest BCUT2D eigenvalue weighted by atomic mass is 79.9. The molecule has 12 atom stereocenters. The third-order valence-corrected chi connectivity index (χ3v) is 33.5. The third kappa shape index (κ3) is 43.4. The van der Waals surface area contributed by atoms with Gasteiger partial charge in [0, 0.05) is 77.2 Å². The summed E-state index contributed by atoms with van der Waals surface area (Å²) in [5.41, 5.74) is 0.